The molecule has 1 heterocycles. The number of rotatable bonds is 4. The van der Waals surface area contributed by atoms with E-state index in [9.17, 15) is 4.79 Å². The Balaban J connectivity index is 1.48. The van der Waals surface area contributed by atoms with Crippen molar-refractivity contribution in [2.45, 2.75) is 45.2 Å². The van der Waals surface area contributed by atoms with Crippen LogP contribution >= 0.6 is 27.7 Å². The van der Waals surface area contributed by atoms with E-state index in [2.05, 4.69) is 52.4 Å². The molecule has 0 bridgehead atoms. The molecule has 0 radical (unpaired) electrons. The van der Waals surface area contributed by atoms with Crippen molar-refractivity contribution < 1.29 is 4.79 Å². The number of hydrogen-bond donors (Lipinski definition) is 1. The molecular weight excluding hydrogens is 446 g/mol. The summed E-state index contributed by atoms with van der Waals surface area (Å²) in [5.41, 5.74) is 4.83. The number of aliphatic imine (C=N–C) groups is 2. The van der Waals surface area contributed by atoms with Gasteiger partial charge in [-0.25, -0.2) is 4.99 Å². The van der Waals surface area contributed by atoms with Crippen LogP contribution in [-0.2, 0) is 4.79 Å². The Hall–Kier alpha value is -1.92. The zero-order valence-corrected chi connectivity index (χ0v) is 19.1. The standard InChI is InChI=1S/C23H24BrN3OS/c1-15-5-7-17(8-6-15)21-22(27-23(26-21)11-3-4-12-23)29-14-20(28)25-18-9-10-19(24)16(2)13-18/h5-10,13H,3-4,11-12,14H2,1-2H3,(H,25,28). The number of halogens is 1. The fraction of sp³-hybridized carbons (Fsp3) is 0.348. The third kappa shape index (κ3) is 4.64. The van der Waals surface area contributed by atoms with Crippen molar-refractivity contribution in [3.05, 3.63) is 63.6 Å². The summed E-state index contributed by atoms with van der Waals surface area (Å²) >= 11 is 4.97. The molecule has 1 amide bonds. The predicted molar refractivity (Wildman–Crippen MR) is 126 cm³/mol. The minimum atomic E-state index is -0.304. The summed E-state index contributed by atoms with van der Waals surface area (Å²) in [4.78, 5) is 22.6. The molecule has 0 atom stereocenters. The van der Waals surface area contributed by atoms with E-state index in [1.165, 1.54) is 17.3 Å². The lowest BCUT2D eigenvalue weighted by atomic mass is 10.1. The van der Waals surface area contributed by atoms with E-state index >= 15 is 0 Å². The van der Waals surface area contributed by atoms with Gasteiger partial charge in [0.25, 0.3) is 0 Å². The van der Waals surface area contributed by atoms with Crippen molar-refractivity contribution in [2.75, 3.05) is 11.1 Å². The molecule has 4 nitrogen and oxygen atoms in total. The summed E-state index contributed by atoms with van der Waals surface area (Å²) in [7, 11) is 0. The molecule has 1 fully saturated rings. The Kier molecular flexibility index (Phi) is 5.93. The molecular formula is C23H24BrN3OS. The number of aryl methyl sites for hydroxylation is 2. The summed E-state index contributed by atoms with van der Waals surface area (Å²) < 4.78 is 1.03. The molecule has 1 aliphatic carbocycles. The number of nitrogens with one attached hydrogen (secondary N) is 1. The first-order valence-electron chi connectivity index (χ1n) is 9.90. The lowest BCUT2D eigenvalue weighted by Gasteiger charge is -2.14. The summed E-state index contributed by atoms with van der Waals surface area (Å²) in [6.45, 7) is 4.09. The maximum absolute atomic E-state index is 12.5. The molecule has 2 aromatic carbocycles. The zero-order chi connectivity index (χ0) is 20.4. The van der Waals surface area contributed by atoms with E-state index < -0.39 is 0 Å². The second kappa shape index (κ2) is 8.44. The summed E-state index contributed by atoms with van der Waals surface area (Å²) in [5.74, 6) is 0.282. The number of amides is 1. The summed E-state index contributed by atoms with van der Waals surface area (Å²) in [6, 6.07) is 14.2. The van der Waals surface area contributed by atoms with Gasteiger partial charge in [0, 0.05) is 15.7 Å². The van der Waals surface area contributed by atoms with Gasteiger partial charge in [0.15, 0.2) is 5.66 Å². The van der Waals surface area contributed by atoms with Crippen LogP contribution in [-0.4, -0.2) is 28.1 Å². The van der Waals surface area contributed by atoms with E-state index in [1.54, 1.807) is 0 Å². The van der Waals surface area contributed by atoms with Crippen molar-refractivity contribution >= 4 is 50.0 Å². The normalized spacial score (nSPS) is 17.3. The van der Waals surface area contributed by atoms with E-state index in [0.29, 0.717) is 5.75 Å². The van der Waals surface area contributed by atoms with Crippen LogP contribution in [0.2, 0.25) is 0 Å². The van der Waals surface area contributed by atoms with Gasteiger partial charge in [-0.05, 0) is 63.3 Å². The first-order valence-corrected chi connectivity index (χ1v) is 11.7. The molecule has 150 valence electrons. The SMILES string of the molecule is Cc1ccc(C2=NC3(CCCC3)N=C2SCC(=O)Nc2ccc(Br)c(C)c2)cc1. The highest BCUT2D eigenvalue weighted by Crippen LogP contribution is 2.40. The highest BCUT2D eigenvalue weighted by Gasteiger charge is 2.39. The van der Waals surface area contributed by atoms with E-state index in [4.69, 9.17) is 9.98 Å². The fourth-order valence-electron chi connectivity index (χ4n) is 3.74. The zero-order valence-electron chi connectivity index (χ0n) is 16.7. The largest absolute Gasteiger partial charge is 0.325 e. The Bertz CT molecular complexity index is 992. The molecule has 2 aliphatic rings. The molecule has 0 aromatic heterocycles. The smallest absolute Gasteiger partial charge is 0.234 e. The number of hydrogen-bond acceptors (Lipinski definition) is 4. The molecule has 4 rings (SSSR count). The Labute approximate surface area is 184 Å². The number of thioether (sulfide) groups is 1. The van der Waals surface area contributed by atoms with Gasteiger partial charge < -0.3 is 5.32 Å². The van der Waals surface area contributed by atoms with Gasteiger partial charge >= 0.3 is 0 Å². The first-order chi connectivity index (χ1) is 13.9. The number of carbonyl (C=O) groups excluding carboxylic acids is 1. The summed E-state index contributed by atoms with van der Waals surface area (Å²) in [5, 5.41) is 3.87. The molecule has 29 heavy (non-hydrogen) atoms. The van der Waals surface area contributed by atoms with Gasteiger partial charge in [0.1, 0.15) is 5.04 Å². The fourth-order valence-corrected chi connectivity index (χ4v) is 4.86. The van der Waals surface area contributed by atoms with Crippen LogP contribution in [0.5, 0.6) is 0 Å². The second-order valence-electron chi connectivity index (χ2n) is 7.73. The average Bonchev–Trinajstić information content (AvgIpc) is 3.31. The van der Waals surface area contributed by atoms with Gasteiger partial charge in [0.05, 0.1) is 11.5 Å². The molecule has 0 saturated heterocycles. The third-order valence-corrected chi connectivity index (χ3v) is 7.20. The van der Waals surface area contributed by atoms with Crippen molar-refractivity contribution in [1.82, 2.24) is 0 Å². The number of anilines is 1. The molecule has 2 aromatic rings. The highest BCUT2D eigenvalue weighted by molar-refractivity contribution is 9.10. The van der Waals surface area contributed by atoms with Crippen molar-refractivity contribution in [3.8, 4) is 0 Å². The lowest BCUT2D eigenvalue weighted by molar-refractivity contribution is -0.113. The highest BCUT2D eigenvalue weighted by atomic mass is 79.9. The minimum absolute atomic E-state index is 0.0324. The van der Waals surface area contributed by atoms with Crippen LogP contribution in [0, 0.1) is 13.8 Å². The number of benzene rings is 2. The molecule has 1 N–H and O–H groups in total. The Morgan fingerprint density at radius 2 is 1.83 bits per heavy atom. The van der Waals surface area contributed by atoms with Gasteiger partial charge in [0.2, 0.25) is 5.91 Å². The van der Waals surface area contributed by atoms with Crippen LogP contribution in [0.1, 0.15) is 42.4 Å². The van der Waals surface area contributed by atoms with Gasteiger partial charge in [-0.1, -0.05) is 57.5 Å². The Morgan fingerprint density at radius 3 is 2.52 bits per heavy atom. The van der Waals surface area contributed by atoms with Crippen LogP contribution in [0.25, 0.3) is 0 Å². The molecule has 1 saturated carbocycles. The molecule has 1 aliphatic heterocycles. The topological polar surface area (TPSA) is 53.8 Å². The maximum atomic E-state index is 12.5. The molecule has 0 unspecified atom stereocenters. The van der Waals surface area contributed by atoms with Crippen LogP contribution < -0.4 is 5.32 Å². The van der Waals surface area contributed by atoms with Gasteiger partial charge in [-0.15, -0.1) is 0 Å². The van der Waals surface area contributed by atoms with E-state index in [1.807, 2.05) is 25.1 Å². The van der Waals surface area contributed by atoms with Crippen LogP contribution in [0.15, 0.2) is 56.9 Å². The van der Waals surface area contributed by atoms with E-state index in [-0.39, 0.29) is 11.6 Å². The van der Waals surface area contributed by atoms with Crippen molar-refractivity contribution in [1.29, 1.82) is 0 Å². The van der Waals surface area contributed by atoms with E-state index in [0.717, 1.165) is 57.7 Å². The lowest BCUT2D eigenvalue weighted by Crippen LogP contribution is -2.18. The quantitative estimate of drug-likeness (QED) is 0.604. The monoisotopic (exact) mass is 469 g/mol. The Morgan fingerprint density at radius 1 is 1.10 bits per heavy atom. The maximum Gasteiger partial charge on any atom is 0.234 e. The summed E-state index contributed by atoms with van der Waals surface area (Å²) in [6.07, 6.45) is 4.32. The second-order valence-corrected chi connectivity index (χ2v) is 9.55. The third-order valence-electron chi connectivity index (χ3n) is 5.34. The number of nitrogens with zero attached hydrogens (tertiary/aromatic N) is 2. The van der Waals surface area contributed by atoms with Gasteiger partial charge in [-0.3, -0.25) is 9.79 Å². The van der Waals surface area contributed by atoms with Crippen LogP contribution in [0.3, 0.4) is 0 Å². The molecule has 6 heteroatoms. The predicted octanol–water partition coefficient (Wildman–Crippen LogP) is 5.91. The van der Waals surface area contributed by atoms with Crippen LogP contribution in [0.4, 0.5) is 5.69 Å². The molecule has 1 spiro atoms. The average molecular weight is 470 g/mol. The van der Waals surface area contributed by atoms with Gasteiger partial charge in [-0.2, -0.15) is 0 Å². The van der Waals surface area contributed by atoms with Crippen molar-refractivity contribution in [2.24, 2.45) is 9.98 Å². The number of carbonyl (C=O) groups is 1. The van der Waals surface area contributed by atoms with Crippen molar-refractivity contribution in [3.63, 3.8) is 0 Å². The first kappa shape index (κ1) is 20.4. The minimum Gasteiger partial charge on any atom is -0.325 e.